The van der Waals surface area contributed by atoms with E-state index in [1.165, 1.54) is 0 Å². The molecule has 3 rings (SSSR count). The normalized spacial score (nSPS) is 11.2. The zero-order valence-electron chi connectivity index (χ0n) is 13.8. The lowest BCUT2D eigenvalue weighted by atomic mass is 10.1. The van der Waals surface area contributed by atoms with E-state index in [0.717, 1.165) is 27.5 Å². The monoisotopic (exact) mass is 346 g/mol. The topological polar surface area (TPSA) is 9.23 Å². The van der Waals surface area contributed by atoms with Gasteiger partial charge >= 0.3 is 0 Å². The van der Waals surface area contributed by atoms with Crippen LogP contribution in [-0.2, 0) is 6.61 Å². The van der Waals surface area contributed by atoms with Crippen LogP contribution < -0.4 is 4.74 Å². The molecule has 1 nitrogen and oxygen atoms in total. The maximum atomic E-state index is 5.99. The molecule has 0 bridgehead atoms. The molecule has 0 N–H and O–H groups in total. The minimum absolute atomic E-state index is 0.560. The Morgan fingerprint density at radius 1 is 0.760 bits per heavy atom. The Labute approximate surface area is 153 Å². The summed E-state index contributed by atoms with van der Waals surface area (Å²) in [5, 5.41) is 0.741. The van der Waals surface area contributed by atoms with Gasteiger partial charge in [0.1, 0.15) is 12.4 Å². The molecule has 0 radical (unpaired) electrons. The third kappa shape index (κ3) is 5.37. The van der Waals surface area contributed by atoms with Gasteiger partial charge in [0.15, 0.2) is 0 Å². The van der Waals surface area contributed by atoms with Gasteiger partial charge in [-0.1, -0.05) is 96.6 Å². The average Bonchev–Trinajstić information content (AvgIpc) is 2.65. The van der Waals surface area contributed by atoms with E-state index in [2.05, 4.69) is 12.1 Å². The van der Waals surface area contributed by atoms with Crippen molar-refractivity contribution < 1.29 is 4.74 Å². The van der Waals surface area contributed by atoms with Gasteiger partial charge in [-0.15, -0.1) is 0 Å². The summed E-state index contributed by atoms with van der Waals surface area (Å²) in [6.45, 7) is 0.560. The van der Waals surface area contributed by atoms with Crippen LogP contribution in [0.1, 0.15) is 16.7 Å². The van der Waals surface area contributed by atoms with Crippen molar-refractivity contribution in [3.05, 3.63) is 113 Å². The SMILES string of the molecule is Clc1cccc(C=CC=Cc2ccccc2OCc2ccccc2)c1. The van der Waals surface area contributed by atoms with Crippen LogP contribution in [0, 0.1) is 0 Å². The maximum absolute atomic E-state index is 5.99. The molecule has 0 aliphatic rings. The number of halogens is 1. The van der Waals surface area contributed by atoms with E-state index in [4.69, 9.17) is 16.3 Å². The highest BCUT2D eigenvalue weighted by atomic mass is 35.5. The van der Waals surface area contributed by atoms with Crippen molar-refractivity contribution in [2.75, 3.05) is 0 Å². The van der Waals surface area contributed by atoms with Crippen LogP contribution in [0.25, 0.3) is 12.2 Å². The van der Waals surface area contributed by atoms with Crippen LogP contribution in [-0.4, -0.2) is 0 Å². The summed E-state index contributed by atoms with van der Waals surface area (Å²) in [5.41, 5.74) is 3.28. The van der Waals surface area contributed by atoms with E-state index in [1.54, 1.807) is 0 Å². The van der Waals surface area contributed by atoms with Crippen LogP contribution >= 0.6 is 11.6 Å². The first-order valence-electron chi connectivity index (χ1n) is 8.17. The van der Waals surface area contributed by atoms with E-state index in [9.17, 15) is 0 Å². The zero-order chi connectivity index (χ0) is 17.3. The van der Waals surface area contributed by atoms with Crippen LogP contribution in [0.4, 0.5) is 0 Å². The number of para-hydroxylation sites is 1. The van der Waals surface area contributed by atoms with Crippen molar-refractivity contribution in [1.29, 1.82) is 0 Å². The summed E-state index contributed by atoms with van der Waals surface area (Å²) in [5.74, 6) is 0.874. The van der Waals surface area contributed by atoms with Crippen molar-refractivity contribution in [2.45, 2.75) is 6.61 Å². The molecule has 25 heavy (non-hydrogen) atoms. The second-order valence-electron chi connectivity index (χ2n) is 5.59. The number of rotatable bonds is 6. The second kappa shape index (κ2) is 8.91. The summed E-state index contributed by atoms with van der Waals surface area (Å²) >= 11 is 5.99. The highest BCUT2D eigenvalue weighted by molar-refractivity contribution is 6.30. The standard InChI is InChI=1S/C23H19ClO/c24-22-15-8-12-19(17-22)9-4-5-13-21-14-6-7-16-23(21)25-18-20-10-2-1-3-11-20/h1-17H,18H2. The molecule has 124 valence electrons. The Bertz CT molecular complexity index is 866. The fraction of sp³-hybridized carbons (Fsp3) is 0.0435. The first-order valence-corrected chi connectivity index (χ1v) is 8.55. The van der Waals surface area contributed by atoms with Crippen molar-refractivity contribution in [1.82, 2.24) is 0 Å². The molecule has 0 saturated heterocycles. The summed E-state index contributed by atoms with van der Waals surface area (Å²) in [6.07, 6.45) is 8.07. The molecule has 2 heteroatoms. The highest BCUT2D eigenvalue weighted by Crippen LogP contribution is 2.21. The zero-order valence-corrected chi connectivity index (χ0v) is 14.6. The third-order valence-electron chi connectivity index (χ3n) is 3.68. The lowest BCUT2D eigenvalue weighted by molar-refractivity contribution is 0.305. The Balaban J connectivity index is 1.66. The Morgan fingerprint density at radius 2 is 1.52 bits per heavy atom. The van der Waals surface area contributed by atoms with E-state index in [1.807, 2.05) is 91.0 Å². The highest BCUT2D eigenvalue weighted by Gasteiger charge is 2.00. The van der Waals surface area contributed by atoms with Crippen molar-refractivity contribution in [3.8, 4) is 5.75 Å². The van der Waals surface area contributed by atoms with Crippen molar-refractivity contribution >= 4 is 23.8 Å². The average molecular weight is 347 g/mol. The van der Waals surface area contributed by atoms with Crippen LogP contribution in [0.5, 0.6) is 5.75 Å². The first-order chi connectivity index (χ1) is 12.3. The van der Waals surface area contributed by atoms with Gasteiger partial charge in [-0.3, -0.25) is 0 Å². The van der Waals surface area contributed by atoms with Crippen LogP contribution in [0.15, 0.2) is 91.0 Å². The van der Waals surface area contributed by atoms with Gasteiger partial charge in [-0.2, -0.15) is 0 Å². The fourth-order valence-electron chi connectivity index (χ4n) is 2.42. The molecule has 0 amide bonds. The minimum atomic E-state index is 0.560. The largest absolute Gasteiger partial charge is 0.488 e. The summed E-state index contributed by atoms with van der Waals surface area (Å²) in [6, 6.07) is 26.0. The predicted molar refractivity (Wildman–Crippen MR) is 107 cm³/mol. The van der Waals surface area contributed by atoms with Gasteiger partial charge < -0.3 is 4.74 Å². The van der Waals surface area contributed by atoms with Crippen molar-refractivity contribution in [2.24, 2.45) is 0 Å². The maximum Gasteiger partial charge on any atom is 0.127 e. The van der Waals surface area contributed by atoms with Crippen LogP contribution in [0.2, 0.25) is 5.02 Å². The van der Waals surface area contributed by atoms with Gasteiger partial charge in [0.05, 0.1) is 0 Å². The van der Waals surface area contributed by atoms with Gasteiger partial charge in [-0.05, 0) is 29.3 Å². The van der Waals surface area contributed by atoms with Crippen molar-refractivity contribution in [3.63, 3.8) is 0 Å². The van der Waals surface area contributed by atoms with Gasteiger partial charge in [0, 0.05) is 10.6 Å². The van der Waals surface area contributed by atoms with Gasteiger partial charge in [0.25, 0.3) is 0 Å². The van der Waals surface area contributed by atoms with E-state index >= 15 is 0 Å². The molecule has 0 fully saturated rings. The predicted octanol–water partition coefficient (Wildman–Crippen LogP) is 6.65. The smallest absolute Gasteiger partial charge is 0.127 e. The number of hydrogen-bond donors (Lipinski definition) is 0. The molecule has 0 saturated carbocycles. The summed E-state index contributed by atoms with van der Waals surface area (Å²) in [7, 11) is 0. The summed E-state index contributed by atoms with van der Waals surface area (Å²) < 4.78 is 5.96. The number of allylic oxidation sites excluding steroid dienone is 2. The van der Waals surface area contributed by atoms with Gasteiger partial charge in [-0.25, -0.2) is 0 Å². The molecule has 3 aromatic rings. The fourth-order valence-corrected chi connectivity index (χ4v) is 2.62. The molecule has 0 unspecified atom stereocenters. The lowest BCUT2D eigenvalue weighted by Gasteiger charge is -2.09. The second-order valence-corrected chi connectivity index (χ2v) is 6.02. The lowest BCUT2D eigenvalue weighted by Crippen LogP contribution is -1.96. The molecule has 3 aromatic carbocycles. The Kier molecular flexibility index (Phi) is 6.08. The quantitative estimate of drug-likeness (QED) is 0.454. The Hall–Kier alpha value is -2.77. The van der Waals surface area contributed by atoms with E-state index in [-0.39, 0.29) is 0 Å². The molecular weight excluding hydrogens is 328 g/mol. The number of benzene rings is 3. The minimum Gasteiger partial charge on any atom is -0.488 e. The molecule has 0 aliphatic carbocycles. The van der Waals surface area contributed by atoms with E-state index in [0.29, 0.717) is 6.61 Å². The molecule has 0 spiro atoms. The number of hydrogen-bond acceptors (Lipinski definition) is 1. The first kappa shape index (κ1) is 17.1. The Morgan fingerprint density at radius 3 is 2.36 bits per heavy atom. The van der Waals surface area contributed by atoms with Gasteiger partial charge in [0.2, 0.25) is 0 Å². The summed E-state index contributed by atoms with van der Waals surface area (Å²) in [4.78, 5) is 0. The third-order valence-corrected chi connectivity index (χ3v) is 3.92. The van der Waals surface area contributed by atoms with Crippen LogP contribution in [0.3, 0.4) is 0 Å². The molecule has 0 atom stereocenters. The molecule has 0 aromatic heterocycles. The number of ether oxygens (including phenoxy) is 1. The van der Waals surface area contributed by atoms with E-state index < -0.39 is 0 Å². The molecule has 0 aliphatic heterocycles. The molecule has 0 heterocycles. The molecular formula is C23H19ClO.